The second-order valence-corrected chi connectivity index (χ2v) is 3.07. The Morgan fingerprint density at radius 2 is 2.43 bits per heavy atom. The Morgan fingerprint density at radius 3 is 3.14 bits per heavy atom. The van der Waals surface area contributed by atoms with E-state index < -0.39 is 12.3 Å². The minimum Gasteiger partial charge on any atom is -0.455 e. The van der Waals surface area contributed by atoms with Gasteiger partial charge in [-0.2, -0.15) is 0 Å². The van der Waals surface area contributed by atoms with Gasteiger partial charge in [-0.3, -0.25) is 0 Å². The maximum atomic E-state index is 10.7. The minimum atomic E-state index is -0.643. The van der Waals surface area contributed by atoms with Crippen LogP contribution in [0.3, 0.4) is 0 Å². The summed E-state index contributed by atoms with van der Waals surface area (Å²) in [4.78, 5) is 13.7. The highest BCUT2D eigenvalue weighted by molar-refractivity contribution is 5.74. The van der Waals surface area contributed by atoms with Gasteiger partial charge in [-0.25, -0.2) is 4.79 Å². The summed E-state index contributed by atoms with van der Waals surface area (Å²) >= 11 is 0. The van der Waals surface area contributed by atoms with E-state index in [4.69, 9.17) is 9.15 Å². The molecule has 1 unspecified atom stereocenters. The van der Waals surface area contributed by atoms with Crippen LogP contribution >= 0.6 is 0 Å². The van der Waals surface area contributed by atoms with E-state index in [2.05, 4.69) is 9.72 Å². The predicted octanol–water partition coefficient (Wildman–Crippen LogP) is 1.97. The summed E-state index contributed by atoms with van der Waals surface area (Å²) in [5, 5.41) is 0. The molecule has 0 radical (unpaired) electrons. The first-order valence-corrected chi connectivity index (χ1v) is 4.23. The maximum absolute atomic E-state index is 10.7. The monoisotopic (exact) mass is 193 g/mol. The van der Waals surface area contributed by atoms with Crippen LogP contribution in [-0.4, -0.2) is 17.7 Å². The molecule has 1 aliphatic heterocycles. The summed E-state index contributed by atoms with van der Waals surface area (Å²) in [6.45, 7) is 0.217. The number of rotatable bonds is 1. The van der Waals surface area contributed by atoms with Gasteiger partial charge in [0.1, 0.15) is 6.61 Å². The van der Waals surface area contributed by atoms with Gasteiger partial charge >= 0.3 is 6.16 Å². The van der Waals surface area contributed by atoms with Crippen LogP contribution < -0.4 is 0 Å². The number of nitrogens with one attached hydrogen (secondary N) is 1. The molecule has 0 aliphatic carbocycles. The molecule has 1 fully saturated rings. The van der Waals surface area contributed by atoms with Crippen molar-refractivity contribution in [1.82, 2.24) is 4.98 Å². The number of aromatic amines is 1. The van der Waals surface area contributed by atoms with Crippen molar-refractivity contribution in [1.29, 1.82) is 0 Å². The number of carbonyl (C=O) groups excluding carboxylic acids is 1. The van der Waals surface area contributed by atoms with Crippen LogP contribution in [0.2, 0.25) is 0 Å². The number of furan rings is 1. The lowest BCUT2D eigenvalue weighted by Gasteiger charge is -1.99. The summed E-state index contributed by atoms with van der Waals surface area (Å²) in [7, 11) is 0. The van der Waals surface area contributed by atoms with E-state index in [0.717, 1.165) is 11.1 Å². The largest absolute Gasteiger partial charge is 0.509 e. The number of hydrogen-bond acceptors (Lipinski definition) is 4. The fourth-order valence-electron chi connectivity index (χ4n) is 1.50. The molecule has 0 bridgehead atoms. The molecule has 2 aromatic heterocycles. The molecule has 0 aromatic carbocycles. The van der Waals surface area contributed by atoms with Crippen LogP contribution in [0.1, 0.15) is 11.9 Å². The first kappa shape index (κ1) is 7.49. The van der Waals surface area contributed by atoms with Crippen LogP contribution in [-0.2, 0) is 9.47 Å². The smallest absolute Gasteiger partial charge is 0.455 e. The highest BCUT2D eigenvalue weighted by Crippen LogP contribution is 2.28. The quantitative estimate of drug-likeness (QED) is 0.703. The topological polar surface area (TPSA) is 64.5 Å². The van der Waals surface area contributed by atoms with Crippen LogP contribution in [0.5, 0.6) is 0 Å². The van der Waals surface area contributed by atoms with Crippen molar-refractivity contribution in [2.75, 3.05) is 6.61 Å². The fourth-order valence-corrected chi connectivity index (χ4v) is 1.50. The SMILES string of the molecule is O=C1OCC(c2cc3[nH]ccc3o2)O1. The lowest BCUT2D eigenvalue weighted by atomic mass is 10.3. The minimum absolute atomic E-state index is 0.217. The molecule has 1 aliphatic rings. The zero-order valence-corrected chi connectivity index (χ0v) is 7.15. The highest BCUT2D eigenvalue weighted by Gasteiger charge is 2.29. The fraction of sp³-hybridized carbons (Fsp3) is 0.222. The lowest BCUT2D eigenvalue weighted by Crippen LogP contribution is -1.97. The Kier molecular flexibility index (Phi) is 1.36. The molecule has 3 heterocycles. The van der Waals surface area contributed by atoms with E-state index in [1.165, 1.54) is 0 Å². The highest BCUT2D eigenvalue weighted by atomic mass is 16.8. The second kappa shape index (κ2) is 2.54. The van der Waals surface area contributed by atoms with Crippen molar-refractivity contribution in [3.8, 4) is 0 Å². The molecular weight excluding hydrogens is 186 g/mol. The van der Waals surface area contributed by atoms with Gasteiger partial charge in [-0.15, -0.1) is 0 Å². The van der Waals surface area contributed by atoms with E-state index >= 15 is 0 Å². The van der Waals surface area contributed by atoms with Crippen molar-refractivity contribution in [2.45, 2.75) is 6.10 Å². The normalized spacial score (nSPS) is 21.1. The molecule has 0 spiro atoms. The lowest BCUT2D eigenvalue weighted by molar-refractivity contribution is 0.113. The van der Waals surface area contributed by atoms with Gasteiger partial charge < -0.3 is 18.9 Å². The average molecular weight is 193 g/mol. The Labute approximate surface area is 78.6 Å². The molecule has 5 nitrogen and oxygen atoms in total. The third-order valence-electron chi connectivity index (χ3n) is 2.16. The molecule has 1 atom stereocenters. The van der Waals surface area contributed by atoms with E-state index in [1.54, 1.807) is 6.20 Å². The van der Waals surface area contributed by atoms with Gasteiger partial charge in [0.2, 0.25) is 0 Å². The molecule has 1 saturated heterocycles. The standard InChI is InChI=1S/C9H7NO4/c11-9-12-4-8(14-9)7-3-5-6(13-7)1-2-10-5/h1-3,8,10H,4H2. The molecule has 0 amide bonds. The van der Waals surface area contributed by atoms with E-state index in [1.807, 2.05) is 12.1 Å². The average Bonchev–Trinajstić information content (AvgIpc) is 2.75. The third-order valence-corrected chi connectivity index (χ3v) is 2.16. The second-order valence-electron chi connectivity index (χ2n) is 3.07. The van der Waals surface area contributed by atoms with Crippen LogP contribution in [0.15, 0.2) is 22.7 Å². The molecule has 3 rings (SSSR count). The van der Waals surface area contributed by atoms with E-state index in [0.29, 0.717) is 5.76 Å². The molecule has 5 heteroatoms. The third kappa shape index (κ3) is 0.985. The van der Waals surface area contributed by atoms with Gasteiger partial charge in [-0.05, 0) is 6.07 Å². The Hall–Kier alpha value is -1.91. The molecule has 14 heavy (non-hydrogen) atoms. The van der Waals surface area contributed by atoms with Crippen LogP contribution in [0, 0.1) is 0 Å². The van der Waals surface area contributed by atoms with Gasteiger partial charge in [0.15, 0.2) is 17.4 Å². The van der Waals surface area contributed by atoms with E-state index in [9.17, 15) is 4.79 Å². The van der Waals surface area contributed by atoms with Crippen molar-refractivity contribution >= 4 is 17.3 Å². The summed E-state index contributed by atoms with van der Waals surface area (Å²) in [5.41, 5.74) is 1.64. The van der Waals surface area contributed by atoms with Gasteiger partial charge in [0.05, 0.1) is 5.52 Å². The molecular formula is C9H7NO4. The van der Waals surface area contributed by atoms with Gasteiger partial charge in [-0.1, -0.05) is 0 Å². The Morgan fingerprint density at radius 1 is 1.50 bits per heavy atom. The number of fused-ring (bicyclic) bond motifs is 1. The van der Waals surface area contributed by atoms with E-state index in [-0.39, 0.29) is 6.61 Å². The first-order chi connectivity index (χ1) is 6.83. The van der Waals surface area contributed by atoms with Gasteiger partial charge in [0, 0.05) is 12.3 Å². The maximum Gasteiger partial charge on any atom is 0.509 e. The summed E-state index contributed by atoms with van der Waals surface area (Å²) in [6, 6.07) is 3.62. The Bertz CT molecular complexity index is 455. The first-order valence-electron chi connectivity index (χ1n) is 4.23. The summed E-state index contributed by atoms with van der Waals surface area (Å²) < 4.78 is 15.0. The van der Waals surface area contributed by atoms with Crippen molar-refractivity contribution in [2.24, 2.45) is 0 Å². The zero-order valence-electron chi connectivity index (χ0n) is 7.15. The number of aromatic nitrogens is 1. The Balaban J connectivity index is 1.98. The zero-order chi connectivity index (χ0) is 9.54. The molecule has 0 saturated carbocycles. The number of ether oxygens (including phenoxy) is 2. The van der Waals surface area contributed by atoms with Crippen LogP contribution in [0.25, 0.3) is 11.1 Å². The van der Waals surface area contributed by atoms with Crippen molar-refractivity contribution in [3.05, 3.63) is 24.1 Å². The predicted molar refractivity (Wildman–Crippen MR) is 45.7 cm³/mol. The summed E-state index contributed by atoms with van der Waals surface area (Å²) in [5.74, 6) is 0.609. The molecule has 72 valence electrons. The van der Waals surface area contributed by atoms with Crippen molar-refractivity contribution < 1.29 is 18.7 Å². The van der Waals surface area contributed by atoms with Crippen molar-refractivity contribution in [3.63, 3.8) is 0 Å². The summed E-state index contributed by atoms with van der Waals surface area (Å²) in [6.07, 6.45) is 0.730. The molecule has 2 aromatic rings. The number of hydrogen-bond donors (Lipinski definition) is 1. The molecule has 1 N–H and O–H groups in total. The number of cyclic esters (lactones) is 2. The number of H-pyrrole nitrogens is 1. The van der Waals surface area contributed by atoms with Gasteiger partial charge in [0.25, 0.3) is 0 Å². The van der Waals surface area contributed by atoms with Crippen LogP contribution in [0.4, 0.5) is 4.79 Å². The number of carbonyl (C=O) groups is 1.